The van der Waals surface area contributed by atoms with Crippen LogP contribution in [0.3, 0.4) is 0 Å². The third kappa shape index (κ3) is 3.85. The lowest BCUT2D eigenvalue weighted by atomic mass is 10.2. The lowest BCUT2D eigenvalue weighted by molar-refractivity contribution is -0.126. The fourth-order valence-corrected chi connectivity index (χ4v) is 2.57. The molecule has 19 heavy (non-hydrogen) atoms. The minimum Gasteiger partial charge on any atom is -0.374 e. The van der Waals surface area contributed by atoms with Gasteiger partial charge in [-0.05, 0) is 14.0 Å². The van der Waals surface area contributed by atoms with E-state index in [1.54, 1.807) is 0 Å². The lowest BCUT2D eigenvalue weighted by Crippen LogP contribution is -2.52. The topological polar surface area (TPSA) is 87.4 Å². The van der Waals surface area contributed by atoms with Crippen molar-refractivity contribution >= 4 is 22.4 Å². The van der Waals surface area contributed by atoms with Crippen LogP contribution in [0.25, 0.3) is 0 Å². The Bertz CT molecular complexity index is 429. The van der Waals surface area contributed by atoms with Gasteiger partial charge in [0.05, 0.1) is 12.6 Å². The Morgan fingerprint density at radius 2 is 2.11 bits per heavy atom. The molecule has 106 valence electrons. The molecule has 1 atom stereocenters. The van der Waals surface area contributed by atoms with E-state index in [4.69, 9.17) is 5.73 Å². The van der Waals surface area contributed by atoms with Gasteiger partial charge in [-0.3, -0.25) is 9.69 Å². The number of nitrogen functional groups attached to an aromatic ring is 1. The molecule has 2 rings (SSSR count). The molecule has 1 unspecified atom stereocenters. The Balaban J connectivity index is 1.79. The molecule has 8 heteroatoms. The molecule has 1 aromatic heterocycles. The molecule has 7 nitrogen and oxygen atoms in total. The number of anilines is 1. The van der Waals surface area contributed by atoms with E-state index in [0.29, 0.717) is 11.7 Å². The van der Waals surface area contributed by atoms with E-state index in [9.17, 15) is 4.79 Å². The van der Waals surface area contributed by atoms with Crippen molar-refractivity contribution in [3.63, 3.8) is 0 Å². The minimum atomic E-state index is -0.112. The van der Waals surface area contributed by atoms with Crippen LogP contribution in [0.15, 0.2) is 0 Å². The molecule has 0 saturated carbocycles. The number of piperazine rings is 1. The zero-order chi connectivity index (χ0) is 13.8. The number of nitrogens with one attached hydrogen (secondary N) is 1. The summed E-state index contributed by atoms with van der Waals surface area (Å²) >= 11 is 1.30. The molecule has 1 aliphatic heterocycles. The molecule has 1 amide bonds. The molecule has 0 radical (unpaired) electrons. The fourth-order valence-electron chi connectivity index (χ4n) is 2.02. The molecule has 0 aliphatic carbocycles. The number of amides is 1. The van der Waals surface area contributed by atoms with Crippen LogP contribution in [-0.2, 0) is 11.3 Å². The SMILES string of the molecule is CC(C(=O)NCc1nnc(N)s1)N1CCN(C)CC1. The van der Waals surface area contributed by atoms with Gasteiger partial charge in [-0.25, -0.2) is 0 Å². The number of carbonyl (C=O) groups is 1. The van der Waals surface area contributed by atoms with E-state index in [-0.39, 0.29) is 11.9 Å². The summed E-state index contributed by atoms with van der Waals surface area (Å²) in [7, 11) is 2.10. The minimum absolute atomic E-state index is 0.0262. The van der Waals surface area contributed by atoms with E-state index in [1.807, 2.05) is 6.92 Å². The Labute approximate surface area is 116 Å². The Morgan fingerprint density at radius 1 is 1.42 bits per heavy atom. The van der Waals surface area contributed by atoms with Crippen molar-refractivity contribution in [1.82, 2.24) is 25.3 Å². The van der Waals surface area contributed by atoms with Gasteiger partial charge in [0.1, 0.15) is 5.01 Å². The standard InChI is InChI=1S/C11H20N6OS/c1-8(17-5-3-16(2)4-6-17)10(18)13-7-9-14-15-11(12)19-9/h8H,3-7H2,1-2H3,(H2,12,15)(H,13,18). The quantitative estimate of drug-likeness (QED) is 0.766. The maximum absolute atomic E-state index is 12.1. The van der Waals surface area contributed by atoms with Crippen molar-refractivity contribution in [3.05, 3.63) is 5.01 Å². The highest BCUT2D eigenvalue weighted by atomic mass is 32.1. The van der Waals surface area contributed by atoms with Gasteiger partial charge in [-0.15, -0.1) is 10.2 Å². The molecule has 0 spiro atoms. The van der Waals surface area contributed by atoms with Gasteiger partial charge in [0.2, 0.25) is 11.0 Å². The summed E-state index contributed by atoms with van der Waals surface area (Å²) in [6.45, 7) is 6.20. The molecule has 1 aromatic rings. The first-order chi connectivity index (χ1) is 9.06. The van der Waals surface area contributed by atoms with Gasteiger partial charge in [-0.1, -0.05) is 11.3 Å². The van der Waals surface area contributed by atoms with Gasteiger partial charge < -0.3 is 16.0 Å². The Morgan fingerprint density at radius 3 is 2.68 bits per heavy atom. The van der Waals surface area contributed by atoms with Gasteiger partial charge in [0, 0.05) is 26.2 Å². The van der Waals surface area contributed by atoms with E-state index < -0.39 is 0 Å². The summed E-state index contributed by atoms with van der Waals surface area (Å²) in [6, 6.07) is -0.112. The molecule has 1 aliphatic rings. The van der Waals surface area contributed by atoms with E-state index in [0.717, 1.165) is 31.2 Å². The molecule has 1 fully saturated rings. The van der Waals surface area contributed by atoms with Crippen LogP contribution in [0.4, 0.5) is 5.13 Å². The maximum atomic E-state index is 12.1. The van der Waals surface area contributed by atoms with Crippen LogP contribution in [0.2, 0.25) is 0 Å². The van der Waals surface area contributed by atoms with E-state index in [2.05, 4.69) is 32.4 Å². The number of aromatic nitrogens is 2. The smallest absolute Gasteiger partial charge is 0.237 e. The summed E-state index contributed by atoms with van der Waals surface area (Å²) in [5.41, 5.74) is 5.49. The molecular formula is C11H20N6OS. The number of nitrogens with two attached hydrogens (primary N) is 1. The molecule has 0 bridgehead atoms. The second-order valence-corrected chi connectivity index (χ2v) is 5.86. The monoisotopic (exact) mass is 284 g/mol. The van der Waals surface area contributed by atoms with Gasteiger partial charge in [0.15, 0.2) is 0 Å². The van der Waals surface area contributed by atoms with Crippen molar-refractivity contribution in [2.24, 2.45) is 0 Å². The normalized spacial score (nSPS) is 19.3. The van der Waals surface area contributed by atoms with Crippen LogP contribution in [0.5, 0.6) is 0 Å². The van der Waals surface area contributed by atoms with Gasteiger partial charge in [0.25, 0.3) is 0 Å². The average molecular weight is 284 g/mol. The summed E-state index contributed by atoms with van der Waals surface area (Å²) < 4.78 is 0. The zero-order valence-corrected chi connectivity index (χ0v) is 12.1. The number of likely N-dealkylation sites (N-methyl/N-ethyl adjacent to an activating group) is 1. The van der Waals surface area contributed by atoms with Gasteiger partial charge in [-0.2, -0.15) is 0 Å². The summed E-state index contributed by atoms with van der Waals surface area (Å²) in [5, 5.41) is 11.6. The summed E-state index contributed by atoms with van der Waals surface area (Å²) in [4.78, 5) is 16.5. The first-order valence-electron chi connectivity index (χ1n) is 6.34. The zero-order valence-electron chi connectivity index (χ0n) is 11.3. The average Bonchev–Trinajstić information content (AvgIpc) is 2.82. The number of rotatable bonds is 4. The molecule has 0 aromatic carbocycles. The highest BCUT2D eigenvalue weighted by Gasteiger charge is 2.24. The number of carbonyl (C=O) groups excluding carboxylic acids is 1. The predicted molar refractivity (Wildman–Crippen MR) is 74.7 cm³/mol. The Kier molecular flexibility index (Phi) is 4.67. The largest absolute Gasteiger partial charge is 0.374 e. The lowest BCUT2D eigenvalue weighted by Gasteiger charge is -2.35. The molecule has 2 heterocycles. The van der Waals surface area contributed by atoms with Crippen molar-refractivity contribution in [3.8, 4) is 0 Å². The maximum Gasteiger partial charge on any atom is 0.237 e. The van der Waals surface area contributed by atoms with E-state index in [1.165, 1.54) is 11.3 Å². The first-order valence-corrected chi connectivity index (χ1v) is 7.16. The second-order valence-electron chi connectivity index (χ2n) is 4.77. The van der Waals surface area contributed by atoms with Crippen LogP contribution in [0, 0.1) is 0 Å². The highest BCUT2D eigenvalue weighted by Crippen LogP contribution is 2.10. The molecule has 3 N–H and O–H groups in total. The van der Waals surface area contributed by atoms with Crippen molar-refractivity contribution in [1.29, 1.82) is 0 Å². The van der Waals surface area contributed by atoms with Crippen molar-refractivity contribution < 1.29 is 4.79 Å². The molecular weight excluding hydrogens is 264 g/mol. The highest BCUT2D eigenvalue weighted by molar-refractivity contribution is 7.15. The van der Waals surface area contributed by atoms with Gasteiger partial charge >= 0.3 is 0 Å². The van der Waals surface area contributed by atoms with Crippen LogP contribution in [0.1, 0.15) is 11.9 Å². The summed E-state index contributed by atoms with van der Waals surface area (Å²) in [5.74, 6) is 0.0262. The third-order valence-electron chi connectivity index (χ3n) is 3.36. The first kappa shape index (κ1) is 14.2. The van der Waals surface area contributed by atoms with Crippen molar-refractivity contribution in [2.75, 3.05) is 39.0 Å². The second kappa shape index (κ2) is 6.27. The molecule has 1 saturated heterocycles. The number of hydrogen-bond donors (Lipinski definition) is 2. The van der Waals surface area contributed by atoms with Crippen LogP contribution >= 0.6 is 11.3 Å². The number of nitrogens with zero attached hydrogens (tertiary/aromatic N) is 4. The summed E-state index contributed by atoms with van der Waals surface area (Å²) in [6.07, 6.45) is 0. The number of hydrogen-bond acceptors (Lipinski definition) is 7. The predicted octanol–water partition coefficient (Wildman–Crippen LogP) is -0.628. The van der Waals surface area contributed by atoms with E-state index >= 15 is 0 Å². The van der Waals surface area contributed by atoms with Crippen LogP contribution < -0.4 is 11.1 Å². The fraction of sp³-hybridized carbons (Fsp3) is 0.727. The Hall–Kier alpha value is -1.25. The van der Waals surface area contributed by atoms with Crippen molar-refractivity contribution in [2.45, 2.75) is 19.5 Å². The van der Waals surface area contributed by atoms with Crippen LogP contribution in [-0.4, -0.2) is 65.2 Å². The third-order valence-corrected chi connectivity index (χ3v) is 4.11.